The number of aliphatic hydroxyl groups is 2. The number of rotatable bonds is 9. The largest absolute Gasteiger partial charge is 0.458 e. The van der Waals surface area contributed by atoms with E-state index >= 15 is 0 Å². The Morgan fingerprint density at radius 1 is 1.20 bits per heavy atom. The number of allylic oxidation sites excluding steroid dienone is 3. The summed E-state index contributed by atoms with van der Waals surface area (Å²) in [6.45, 7) is 18.6. The minimum absolute atomic E-state index is 0.0357. The van der Waals surface area contributed by atoms with Gasteiger partial charge < -0.3 is 20.7 Å². The molecule has 0 saturated heterocycles. The molecule has 0 heterocycles. The number of nitrogens with two attached hydrogens (primary N) is 1. The summed E-state index contributed by atoms with van der Waals surface area (Å²) in [5.74, 6) is 0.171. The molecular formula is C34H53NO5. The van der Waals surface area contributed by atoms with Crippen molar-refractivity contribution >= 4 is 11.8 Å². The van der Waals surface area contributed by atoms with E-state index in [1.54, 1.807) is 0 Å². The number of carbonyl (C=O) groups excluding carboxylic acids is 2. The minimum Gasteiger partial charge on any atom is -0.458 e. The molecule has 4 aliphatic rings. The van der Waals surface area contributed by atoms with Crippen molar-refractivity contribution in [2.75, 3.05) is 6.54 Å². The summed E-state index contributed by atoms with van der Waals surface area (Å²) in [6.07, 6.45) is 6.58. The number of Topliss-reactive ketones (excluding diaryl/α,β-unsaturated/α-hetero) is 1. The van der Waals surface area contributed by atoms with Gasteiger partial charge in [-0.15, -0.1) is 0 Å². The zero-order valence-corrected chi connectivity index (χ0v) is 25.9. The highest BCUT2D eigenvalue weighted by Crippen LogP contribution is 2.67. The number of hydrogen-bond acceptors (Lipinski definition) is 6. The Kier molecular flexibility index (Phi) is 8.69. The van der Waals surface area contributed by atoms with Crippen molar-refractivity contribution < 1.29 is 24.5 Å². The summed E-state index contributed by atoms with van der Waals surface area (Å²) < 4.78 is 6.07. The number of fused-ring (bicyclic) bond motifs is 4. The van der Waals surface area contributed by atoms with Crippen LogP contribution in [0.1, 0.15) is 99.8 Å². The van der Waals surface area contributed by atoms with Gasteiger partial charge in [-0.05, 0) is 96.2 Å². The zero-order chi connectivity index (χ0) is 29.8. The molecule has 8 atom stereocenters. The number of carbonyl (C=O) groups is 2. The zero-order valence-electron chi connectivity index (χ0n) is 25.9. The van der Waals surface area contributed by atoms with E-state index in [1.807, 2.05) is 0 Å². The summed E-state index contributed by atoms with van der Waals surface area (Å²) in [6, 6.07) is 0. The fourth-order valence-electron chi connectivity index (χ4n) is 9.45. The van der Waals surface area contributed by atoms with E-state index in [0.29, 0.717) is 12.3 Å². The van der Waals surface area contributed by atoms with Crippen molar-refractivity contribution in [2.45, 2.75) is 118 Å². The molecule has 4 aliphatic carbocycles. The van der Waals surface area contributed by atoms with Gasteiger partial charge in [0.05, 0.1) is 12.6 Å². The lowest BCUT2D eigenvalue weighted by molar-refractivity contribution is -0.170. The second-order valence-corrected chi connectivity index (χ2v) is 14.6. The number of ketones is 1. The van der Waals surface area contributed by atoms with Crippen molar-refractivity contribution in [1.29, 1.82) is 0 Å². The van der Waals surface area contributed by atoms with Crippen LogP contribution < -0.4 is 5.73 Å². The maximum absolute atomic E-state index is 12.5. The summed E-state index contributed by atoms with van der Waals surface area (Å²) in [5.41, 5.74) is 9.01. The molecule has 0 bridgehead atoms. The molecule has 0 radical (unpaired) electrons. The van der Waals surface area contributed by atoms with Gasteiger partial charge in [0, 0.05) is 18.8 Å². The molecule has 6 heteroatoms. The Bertz CT molecular complexity index is 1100. The molecule has 6 nitrogen and oxygen atoms in total. The molecule has 0 spiro atoms. The number of aliphatic hydroxyl groups excluding tert-OH is 2. The first-order chi connectivity index (χ1) is 18.6. The first kappa shape index (κ1) is 31.2. The van der Waals surface area contributed by atoms with Gasteiger partial charge in [-0.1, -0.05) is 59.8 Å². The standard InChI is InChI=1S/C34H53NO5/c1-19(2)20(3)10-9-11-23-12-14-26-25-13-15-27-32(5,6)30(39)22(16-24(37)18-35)17-33(27,7)28(25)29(38)31(34(23,26)8)40-21(4)36/h14,19,22-23,27,29-31,38-39H,3,9-13,15-18,35H2,1-2,4-8H3/t22-,23+,27+,29-,30+,31+,33?,34?/m1/s1. The fraction of sp³-hybridized carbons (Fsp3) is 0.765. The van der Waals surface area contributed by atoms with Crippen molar-refractivity contribution in [2.24, 2.45) is 45.7 Å². The molecule has 1 fully saturated rings. The van der Waals surface area contributed by atoms with Crippen LogP contribution >= 0.6 is 0 Å². The summed E-state index contributed by atoms with van der Waals surface area (Å²) in [7, 11) is 0. The van der Waals surface area contributed by atoms with E-state index in [9.17, 15) is 19.8 Å². The van der Waals surface area contributed by atoms with Crippen LogP contribution in [-0.4, -0.2) is 46.8 Å². The average Bonchev–Trinajstić information content (AvgIpc) is 3.21. The molecular weight excluding hydrogens is 502 g/mol. The molecule has 2 unspecified atom stereocenters. The Morgan fingerprint density at radius 2 is 1.88 bits per heavy atom. The maximum Gasteiger partial charge on any atom is 0.303 e. The topological polar surface area (TPSA) is 110 Å². The van der Waals surface area contributed by atoms with Gasteiger partial charge in [-0.3, -0.25) is 9.59 Å². The van der Waals surface area contributed by atoms with E-state index in [-0.39, 0.29) is 42.5 Å². The molecule has 4 rings (SSSR count). The Balaban J connectivity index is 1.76. The molecule has 0 aromatic carbocycles. The lowest BCUT2D eigenvalue weighted by atomic mass is 9.43. The van der Waals surface area contributed by atoms with Gasteiger partial charge in [-0.25, -0.2) is 0 Å². The summed E-state index contributed by atoms with van der Waals surface area (Å²) >= 11 is 0. The van der Waals surface area contributed by atoms with Crippen LogP contribution in [0.2, 0.25) is 0 Å². The predicted octanol–water partition coefficient (Wildman–Crippen LogP) is 5.67. The first-order valence-corrected chi connectivity index (χ1v) is 15.5. The van der Waals surface area contributed by atoms with Crippen LogP contribution in [0.15, 0.2) is 34.9 Å². The van der Waals surface area contributed by atoms with Crippen LogP contribution in [0.5, 0.6) is 0 Å². The van der Waals surface area contributed by atoms with Crippen LogP contribution in [-0.2, 0) is 14.3 Å². The maximum atomic E-state index is 12.5. The molecule has 1 saturated carbocycles. The number of hydrogen-bond donors (Lipinski definition) is 3. The summed E-state index contributed by atoms with van der Waals surface area (Å²) in [4.78, 5) is 24.9. The van der Waals surface area contributed by atoms with Crippen molar-refractivity contribution in [3.8, 4) is 0 Å². The van der Waals surface area contributed by atoms with Gasteiger partial charge in [0.15, 0.2) is 0 Å². The normalized spacial score (nSPS) is 38.3. The van der Waals surface area contributed by atoms with Crippen LogP contribution in [0, 0.1) is 39.9 Å². The first-order valence-electron chi connectivity index (χ1n) is 15.5. The lowest BCUT2D eigenvalue weighted by Crippen LogP contribution is -2.61. The smallest absolute Gasteiger partial charge is 0.303 e. The highest BCUT2D eigenvalue weighted by atomic mass is 16.6. The highest BCUT2D eigenvalue weighted by Gasteiger charge is 2.64. The third-order valence-electron chi connectivity index (χ3n) is 11.6. The van der Waals surface area contributed by atoms with Gasteiger partial charge in [0.25, 0.3) is 0 Å². The van der Waals surface area contributed by atoms with Crippen LogP contribution in [0.25, 0.3) is 0 Å². The SMILES string of the molecule is C=C(CCC[C@H]1CC=C2C3=C([C@@H](O)[C@H](OC(C)=O)C21C)C1(C)C[C@@H](CC(=O)CN)[C@H](O)C(C)(C)[C@@H]1CC3)C(C)C. The fourth-order valence-corrected chi connectivity index (χ4v) is 9.45. The number of ether oxygens (including phenoxy) is 1. The average molecular weight is 556 g/mol. The van der Waals surface area contributed by atoms with Crippen LogP contribution in [0.4, 0.5) is 0 Å². The molecule has 0 aromatic heterocycles. The van der Waals surface area contributed by atoms with E-state index in [4.69, 9.17) is 10.5 Å². The lowest BCUT2D eigenvalue weighted by Gasteiger charge is -2.62. The Hall–Kier alpha value is -1.76. The number of esters is 1. The molecule has 4 N–H and O–H groups in total. The van der Waals surface area contributed by atoms with Gasteiger partial charge in [0.1, 0.15) is 18.0 Å². The van der Waals surface area contributed by atoms with E-state index < -0.39 is 34.6 Å². The molecule has 224 valence electrons. The third kappa shape index (κ3) is 4.96. The molecule has 0 aliphatic heterocycles. The second kappa shape index (κ2) is 11.1. The van der Waals surface area contributed by atoms with E-state index in [2.05, 4.69) is 54.2 Å². The molecule has 0 aromatic rings. The Labute approximate surface area is 241 Å². The van der Waals surface area contributed by atoms with E-state index in [0.717, 1.165) is 44.1 Å². The monoisotopic (exact) mass is 555 g/mol. The Morgan fingerprint density at radius 3 is 2.48 bits per heavy atom. The van der Waals surface area contributed by atoms with Gasteiger partial charge >= 0.3 is 5.97 Å². The third-order valence-corrected chi connectivity index (χ3v) is 11.6. The van der Waals surface area contributed by atoms with Gasteiger partial charge in [0.2, 0.25) is 0 Å². The highest BCUT2D eigenvalue weighted by molar-refractivity contribution is 5.80. The van der Waals surface area contributed by atoms with E-state index in [1.165, 1.54) is 23.6 Å². The minimum atomic E-state index is -0.933. The van der Waals surface area contributed by atoms with Crippen molar-refractivity contribution in [1.82, 2.24) is 0 Å². The second-order valence-electron chi connectivity index (χ2n) is 14.6. The van der Waals surface area contributed by atoms with Crippen molar-refractivity contribution in [3.05, 3.63) is 34.9 Å². The van der Waals surface area contributed by atoms with Crippen molar-refractivity contribution in [3.63, 3.8) is 0 Å². The predicted molar refractivity (Wildman–Crippen MR) is 158 cm³/mol. The van der Waals surface area contributed by atoms with Gasteiger partial charge in [-0.2, -0.15) is 0 Å². The molecule has 40 heavy (non-hydrogen) atoms. The molecule has 0 amide bonds. The quantitative estimate of drug-likeness (QED) is 0.250. The van der Waals surface area contributed by atoms with Crippen LogP contribution in [0.3, 0.4) is 0 Å². The summed E-state index contributed by atoms with van der Waals surface area (Å²) in [5, 5.41) is 23.7.